The molecule has 0 amide bonds. The topological polar surface area (TPSA) is 33.0 Å². The average Bonchev–Trinajstić information content (AvgIpc) is 2.16. The largest absolute Gasteiger partial charge is 0.491 e. The molecule has 1 rings (SSSR count). The molecule has 12 heavy (non-hydrogen) atoms. The average molecular weight is 182 g/mol. The summed E-state index contributed by atoms with van der Waals surface area (Å²) in [5.41, 5.74) is 0. The van der Waals surface area contributed by atoms with E-state index in [0.29, 0.717) is 0 Å². The van der Waals surface area contributed by atoms with Gasteiger partial charge in [0.15, 0.2) is 5.38 Å². The molecule has 2 nitrogen and oxygen atoms in total. The molecule has 1 atom stereocenters. The minimum atomic E-state index is -0.579. The van der Waals surface area contributed by atoms with Crippen LogP contribution in [0.15, 0.2) is 30.3 Å². The maximum absolute atomic E-state index is 8.35. The Kier molecular flexibility index (Phi) is 3.43. The van der Waals surface area contributed by atoms with Crippen molar-refractivity contribution in [2.24, 2.45) is 0 Å². The van der Waals surface area contributed by atoms with E-state index in [1.54, 1.807) is 0 Å². The minimum Gasteiger partial charge on any atom is -0.491 e. The smallest absolute Gasteiger partial charge is 0.154 e. The minimum absolute atomic E-state index is 0.224. The second-order valence-corrected chi connectivity index (χ2v) is 2.75. The van der Waals surface area contributed by atoms with E-state index >= 15 is 0 Å². The first-order valence-corrected chi connectivity index (χ1v) is 3.98. The van der Waals surface area contributed by atoms with Gasteiger partial charge in [0.05, 0.1) is 6.07 Å². The predicted octanol–water partition coefficient (Wildman–Crippen LogP) is 2.20. The molecule has 0 bridgehead atoms. The van der Waals surface area contributed by atoms with Crippen molar-refractivity contribution in [1.29, 1.82) is 5.26 Å². The Labute approximate surface area is 76.3 Å². The van der Waals surface area contributed by atoms with Gasteiger partial charge in [-0.15, -0.1) is 11.6 Å². The number of halogens is 1. The number of alkyl halides is 1. The van der Waals surface area contributed by atoms with Gasteiger partial charge in [-0.2, -0.15) is 5.26 Å². The fourth-order valence-electron chi connectivity index (χ4n) is 0.723. The number of nitriles is 1. The van der Waals surface area contributed by atoms with Gasteiger partial charge in [-0.05, 0) is 12.1 Å². The van der Waals surface area contributed by atoms with Crippen LogP contribution >= 0.6 is 11.6 Å². The zero-order valence-electron chi connectivity index (χ0n) is 6.40. The van der Waals surface area contributed by atoms with Gasteiger partial charge in [0.2, 0.25) is 0 Å². The van der Waals surface area contributed by atoms with Crippen LogP contribution in [0, 0.1) is 11.3 Å². The standard InChI is InChI=1S/C9H8ClNO/c10-8(6-11)7-12-9-4-2-1-3-5-9/h1-5,8H,7H2. The first kappa shape index (κ1) is 8.89. The molecular formula is C9H8ClNO. The maximum Gasteiger partial charge on any atom is 0.154 e. The highest BCUT2D eigenvalue weighted by atomic mass is 35.5. The fraction of sp³-hybridized carbons (Fsp3) is 0.222. The summed E-state index contributed by atoms with van der Waals surface area (Å²) in [5.74, 6) is 0.735. The van der Waals surface area contributed by atoms with Crippen LogP contribution in [0.1, 0.15) is 0 Å². The lowest BCUT2D eigenvalue weighted by molar-refractivity contribution is 0.329. The molecule has 0 N–H and O–H groups in total. The Morgan fingerprint density at radius 1 is 1.42 bits per heavy atom. The third-order valence-electron chi connectivity index (χ3n) is 1.28. The normalized spacial score (nSPS) is 11.7. The van der Waals surface area contributed by atoms with E-state index in [4.69, 9.17) is 21.6 Å². The summed E-state index contributed by atoms with van der Waals surface area (Å²) >= 11 is 5.53. The lowest BCUT2D eigenvalue weighted by Crippen LogP contribution is -2.08. The first-order chi connectivity index (χ1) is 5.83. The SMILES string of the molecule is N#CC(Cl)COc1ccccc1. The molecule has 1 aromatic carbocycles. The van der Waals surface area contributed by atoms with Gasteiger partial charge in [0.25, 0.3) is 0 Å². The van der Waals surface area contributed by atoms with Crippen molar-refractivity contribution < 1.29 is 4.74 Å². The van der Waals surface area contributed by atoms with E-state index in [-0.39, 0.29) is 6.61 Å². The molecule has 0 aliphatic carbocycles. The lowest BCUT2D eigenvalue weighted by atomic mass is 10.3. The van der Waals surface area contributed by atoms with E-state index < -0.39 is 5.38 Å². The summed E-state index contributed by atoms with van der Waals surface area (Å²) in [6.45, 7) is 0.224. The van der Waals surface area contributed by atoms with Crippen LogP contribution < -0.4 is 4.74 Å². The quantitative estimate of drug-likeness (QED) is 0.670. The zero-order valence-corrected chi connectivity index (χ0v) is 7.16. The second-order valence-electron chi connectivity index (χ2n) is 2.22. The third-order valence-corrected chi connectivity index (χ3v) is 1.50. The van der Waals surface area contributed by atoms with E-state index in [9.17, 15) is 0 Å². The van der Waals surface area contributed by atoms with Crippen LogP contribution in [0.3, 0.4) is 0 Å². The molecule has 0 aromatic heterocycles. The van der Waals surface area contributed by atoms with E-state index in [2.05, 4.69) is 0 Å². The van der Waals surface area contributed by atoms with Gasteiger partial charge in [-0.1, -0.05) is 18.2 Å². The Hall–Kier alpha value is -1.20. The first-order valence-electron chi connectivity index (χ1n) is 3.54. The van der Waals surface area contributed by atoms with Crippen molar-refractivity contribution in [2.45, 2.75) is 5.38 Å². The maximum atomic E-state index is 8.35. The summed E-state index contributed by atoms with van der Waals surface area (Å²) in [6, 6.07) is 11.1. The Bertz CT molecular complexity index is 268. The molecule has 0 saturated heterocycles. The third kappa shape index (κ3) is 2.81. The molecule has 0 aliphatic rings. The zero-order chi connectivity index (χ0) is 8.81. The summed E-state index contributed by atoms with van der Waals surface area (Å²) in [6.07, 6.45) is 0. The van der Waals surface area contributed by atoms with Gasteiger partial charge < -0.3 is 4.74 Å². The highest BCUT2D eigenvalue weighted by molar-refractivity contribution is 6.22. The van der Waals surface area contributed by atoms with Crippen molar-refractivity contribution in [3.05, 3.63) is 30.3 Å². The van der Waals surface area contributed by atoms with Crippen LogP contribution in [-0.2, 0) is 0 Å². The van der Waals surface area contributed by atoms with E-state index in [1.165, 1.54) is 0 Å². The number of ether oxygens (including phenoxy) is 1. The Morgan fingerprint density at radius 3 is 2.67 bits per heavy atom. The highest BCUT2D eigenvalue weighted by Gasteiger charge is 2.01. The summed E-state index contributed by atoms with van der Waals surface area (Å²) in [7, 11) is 0. The molecule has 3 heteroatoms. The molecule has 0 fully saturated rings. The Morgan fingerprint density at radius 2 is 2.08 bits per heavy atom. The van der Waals surface area contributed by atoms with E-state index in [0.717, 1.165) is 5.75 Å². The van der Waals surface area contributed by atoms with Gasteiger partial charge in [0.1, 0.15) is 12.4 Å². The lowest BCUT2D eigenvalue weighted by Gasteiger charge is -2.04. The number of rotatable bonds is 3. The van der Waals surface area contributed by atoms with Crippen LogP contribution in [0.25, 0.3) is 0 Å². The van der Waals surface area contributed by atoms with Crippen LogP contribution in [-0.4, -0.2) is 12.0 Å². The number of para-hydroxylation sites is 1. The van der Waals surface area contributed by atoms with E-state index in [1.807, 2.05) is 36.4 Å². The molecular weight excluding hydrogens is 174 g/mol. The van der Waals surface area contributed by atoms with Crippen LogP contribution in [0.4, 0.5) is 0 Å². The molecule has 0 heterocycles. The summed E-state index contributed by atoms with van der Waals surface area (Å²) in [5, 5.41) is 7.77. The van der Waals surface area contributed by atoms with Crippen molar-refractivity contribution in [3.8, 4) is 11.8 Å². The molecule has 1 unspecified atom stereocenters. The number of nitrogens with zero attached hydrogens (tertiary/aromatic N) is 1. The van der Waals surface area contributed by atoms with Gasteiger partial charge in [-0.3, -0.25) is 0 Å². The summed E-state index contributed by atoms with van der Waals surface area (Å²) < 4.78 is 5.20. The second kappa shape index (κ2) is 4.63. The van der Waals surface area contributed by atoms with Gasteiger partial charge >= 0.3 is 0 Å². The molecule has 0 aliphatic heterocycles. The molecule has 62 valence electrons. The number of hydrogen-bond acceptors (Lipinski definition) is 2. The van der Waals surface area contributed by atoms with Crippen LogP contribution in [0.2, 0.25) is 0 Å². The predicted molar refractivity (Wildman–Crippen MR) is 47.2 cm³/mol. The molecule has 0 radical (unpaired) electrons. The fourth-order valence-corrected chi connectivity index (χ4v) is 0.786. The number of hydrogen-bond donors (Lipinski definition) is 0. The van der Waals surface area contributed by atoms with Gasteiger partial charge in [0, 0.05) is 0 Å². The van der Waals surface area contributed by atoms with Crippen LogP contribution in [0.5, 0.6) is 5.75 Å². The van der Waals surface area contributed by atoms with Crippen molar-refractivity contribution in [2.75, 3.05) is 6.61 Å². The van der Waals surface area contributed by atoms with Gasteiger partial charge in [-0.25, -0.2) is 0 Å². The summed E-state index contributed by atoms with van der Waals surface area (Å²) in [4.78, 5) is 0. The number of benzene rings is 1. The molecule has 0 spiro atoms. The molecule has 1 aromatic rings. The molecule has 0 saturated carbocycles. The highest BCUT2D eigenvalue weighted by Crippen LogP contribution is 2.09. The Balaban J connectivity index is 2.40. The monoisotopic (exact) mass is 181 g/mol. The van der Waals surface area contributed by atoms with Crippen molar-refractivity contribution in [3.63, 3.8) is 0 Å². The van der Waals surface area contributed by atoms with Crippen molar-refractivity contribution >= 4 is 11.6 Å². The van der Waals surface area contributed by atoms with Crippen molar-refractivity contribution in [1.82, 2.24) is 0 Å².